The SMILES string of the molecule is CCC(CNC(=O)N(C)c1cccc(C)c1)CC(=O)O. The quantitative estimate of drug-likeness (QED) is 0.840. The number of hydrogen-bond donors (Lipinski definition) is 2. The summed E-state index contributed by atoms with van der Waals surface area (Å²) < 4.78 is 0. The molecule has 1 rings (SSSR count). The van der Waals surface area contributed by atoms with Gasteiger partial charge in [0.2, 0.25) is 0 Å². The molecule has 0 aliphatic carbocycles. The lowest BCUT2D eigenvalue weighted by atomic mass is 10.0. The van der Waals surface area contributed by atoms with E-state index in [1.54, 1.807) is 7.05 Å². The first-order valence-electron chi connectivity index (χ1n) is 6.74. The molecule has 5 heteroatoms. The van der Waals surface area contributed by atoms with Crippen molar-refractivity contribution in [2.75, 3.05) is 18.5 Å². The Morgan fingerprint density at radius 2 is 2.10 bits per heavy atom. The van der Waals surface area contributed by atoms with Gasteiger partial charge < -0.3 is 10.4 Å². The minimum atomic E-state index is -0.835. The summed E-state index contributed by atoms with van der Waals surface area (Å²) in [6.45, 7) is 4.26. The zero-order chi connectivity index (χ0) is 15.1. The number of urea groups is 1. The molecular formula is C15H22N2O3. The number of carbonyl (C=O) groups is 2. The molecule has 110 valence electrons. The van der Waals surface area contributed by atoms with E-state index < -0.39 is 5.97 Å². The Morgan fingerprint density at radius 1 is 1.40 bits per heavy atom. The lowest BCUT2D eigenvalue weighted by Gasteiger charge is -2.20. The number of amides is 2. The lowest BCUT2D eigenvalue weighted by molar-refractivity contribution is -0.138. The summed E-state index contributed by atoms with van der Waals surface area (Å²) in [6.07, 6.45) is 0.797. The number of carboxylic acid groups (broad SMARTS) is 1. The number of aliphatic carboxylic acids is 1. The van der Waals surface area contributed by atoms with E-state index in [1.807, 2.05) is 38.1 Å². The first kappa shape index (κ1) is 16.0. The maximum atomic E-state index is 12.0. The fourth-order valence-corrected chi connectivity index (χ4v) is 1.91. The topological polar surface area (TPSA) is 69.6 Å². The second-order valence-electron chi connectivity index (χ2n) is 4.96. The van der Waals surface area contributed by atoms with Gasteiger partial charge in [-0.3, -0.25) is 9.69 Å². The maximum Gasteiger partial charge on any atom is 0.321 e. The number of anilines is 1. The smallest absolute Gasteiger partial charge is 0.321 e. The summed E-state index contributed by atoms with van der Waals surface area (Å²) in [7, 11) is 1.70. The number of nitrogens with zero attached hydrogens (tertiary/aromatic N) is 1. The molecule has 0 spiro atoms. The van der Waals surface area contributed by atoms with Gasteiger partial charge in [-0.1, -0.05) is 25.5 Å². The van der Waals surface area contributed by atoms with Crippen molar-refractivity contribution in [2.45, 2.75) is 26.7 Å². The van der Waals surface area contributed by atoms with Crippen LogP contribution < -0.4 is 10.2 Å². The van der Waals surface area contributed by atoms with Gasteiger partial charge in [-0.25, -0.2) is 4.79 Å². The van der Waals surface area contributed by atoms with Crippen LogP contribution in [0.2, 0.25) is 0 Å². The molecule has 5 nitrogen and oxygen atoms in total. The van der Waals surface area contributed by atoms with Crippen LogP contribution in [0, 0.1) is 12.8 Å². The molecule has 1 unspecified atom stereocenters. The molecule has 0 aliphatic rings. The highest BCUT2D eigenvalue weighted by Crippen LogP contribution is 2.14. The Balaban J connectivity index is 2.55. The van der Waals surface area contributed by atoms with Crippen molar-refractivity contribution >= 4 is 17.7 Å². The van der Waals surface area contributed by atoms with Crippen LogP contribution in [0.5, 0.6) is 0 Å². The van der Waals surface area contributed by atoms with Crippen LogP contribution in [0.1, 0.15) is 25.3 Å². The van der Waals surface area contributed by atoms with Gasteiger partial charge in [0.25, 0.3) is 0 Å². The fourth-order valence-electron chi connectivity index (χ4n) is 1.91. The Bertz CT molecular complexity index is 474. The molecule has 0 heterocycles. The fraction of sp³-hybridized carbons (Fsp3) is 0.467. The summed E-state index contributed by atoms with van der Waals surface area (Å²) >= 11 is 0. The summed E-state index contributed by atoms with van der Waals surface area (Å²) in [5, 5.41) is 11.6. The zero-order valence-corrected chi connectivity index (χ0v) is 12.2. The molecule has 0 aromatic heterocycles. The minimum absolute atomic E-state index is 0.0395. The van der Waals surface area contributed by atoms with Gasteiger partial charge in [0, 0.05) is 25.7 Å². The Morgan fingerprint density at radius 3 is 2.65 bits per heavy atom. The van der Waals surface area contributed by atoms with Gasteiger partial charge in [-0.05, 0) is 30.5 Å². The largest absolute Gasteiger partial charge is 0.481 e. The van der Waals surface area contributed by atoms with E-state index in [9.17, 15) is 9.59 Å². The van der Waals surface area contributed by atoms with Crippen molar-refractivity contribution in [2.24, 2.45) is 5.92 Å². The molecule has 0 saturated heterocycles. The van der Waals surface area contributed by atoms with Crippen LogP contribution in [0.4, 0.5) is 10.5 Å². The normalized spacial score (nSPS) is 11.8. The van der Waals surface area contributed by atoms with Crippen LogP contribution in [0.25, 0.3) is 0 Å². The number of benzene rings is 1. The molecule has 0 aliphatic heterocycles. The predicted molar refractivity (Wildman–Crippen MR) is 79.0 cm³/mol. The van der Waals surface area contributed by atoms with Gasteiger partial charge >= 0.3 is 12.0 Å². The summed E-state index contributed by atoms with van der Waals surface area (Å²) in [5.74, 6) is -0.875. The van der Waals surface area contributed by atoms with Gasteiger partial charge in [-0.2, -0.15) is 0 Å². The molecule has 0 bridgehead atoms. The first-order valence-corrected chi connectivity index (χ1v) is 6.74. The van der Waals surface area contributed by atoms with Crippen molar-refractivity contribution in [1.82, 2.24) is 5.32 Å². The zero-order valence-electron chi connectivity index (χ0n) is 12.2. The number of rotatable bonds is 6. The van der Waals surface area contributed by atoms with E-state index in [-0.39, 0.29) is 18.4 Å². The van der Waals surface area contributed by atoms with Crippen LogP contribution in [0.15, 0.2) is 24.3 Å². The predicted octanol–water partition coefficient (Wildman–Crippen LogP) is 2.64. The molecular weight excluding hydrogens is 256 g/mol. The molecule has 1 aromatic carbocycles. The van der Waals surface area contributed by atoms with E-state index in [0.29, 0.717) is 6.54 Å². The highest BCUT2D eigenvalue weighted by atomic mass is 16.4. The number of carboxylic acids is 1. The molecule has 0 fully saturated rings. The summed E-state index contributed by atoms with van der Waals surface area (Å²) in [6, 6.07) is 7.43. The molecule has 2 amide bonds. The standard InChI is InChI=1S/C15H22N2O3/c1-4-12(9-14(18)19)10-16-15(20)17(3)13-7-5-6-11(2)8-13/h5-8,12H,4,9-10H2,1-3H3,(H,16,20)(H,18,19). The molecule has 0 saturated carbocycles. The molecule has 1 aromatic rings. The number of carbonyl (C=O) groups excluding carboxylic acids is 1. The maximum absolute atomic E-state index is 12.0. The Hall–Kier alpha value is -2.04. The first-order chi connectivity index (χ1) is 9.43. The van der Waals surface area contributed by atoms with Crippen LogP contribution in [-0.2, 0) is 4.79 Å². The third-order valence-corrected chi connectivity index (χ3v) is 3.28. The second-order valence-corrected chi connectivity index (χ2v) is 4.96. The van der Waals surface area contributed by atoms with Gasteiger partial charge in [0.15, 0.2) is 0 Å². The van der Waals surface area contributed by atoms with Crippen molar-refractivity contribution in [3.8, 4) is 0 Å². The average molecular weight is 278 g/mol. The van der Waals surface area contributed by atoms with Crippen LogP contribution in [0.3, 0.4) is 0 Å². The monoisotopic (exact) mass is 278 g/mol. The summed E-state index contributed by atoms with van der Waals surface area (Å²) in [4.78, 5) is 24.2. The van der Waals surface area contributed by atoms with Crippen LogP contribution in [-0.4, -0.2) is 30.7 Å². The Kier molecular flexibility index (Phi) is 6.03. The van der Waals surface area contributed by atoms with E-state index >= 15 is 0 Å². The number of aryl methyl sites for hydroxylation is 1. The highest BCUT2D eigenvalue weighted by molar-refractivity contribution is 5.91. The van der Waals surface area contributed by atoms with Gasteiger partial charge in [0.1, 0.15) is 0 Å². The van der Waals surface area contributed by atoms with E-state index in [0.717, 1.165) is 17.7 Å². The third kappa shape index (κ3) is 4.91. The molecule has 2 N–H and O–H groups in total. The van der Waals surface area contributed by atoms with Crippen molar-refractivity contribution in [3.63, 3.8) is 0 Å². The van der Waals surface area contributed by atoms with E-state index in [2.05, 4.69) is 5.32 Å². The summed E-state index contributed by atoms with van der Waals surface area (Å²) in [5.41, 5.74) is 1.90. The van der Waals surface area contributed by atoms with Crippen LogP contribution >= 0.6 is 0 Å². The minimum Gasteiger partial charge on any atom is -0.481 e. The highest BCUT2D eigenvalue weighted by Gasteiger charge is 2.15. The molecule has 1 atom stereocenters. The van der Waals surface area contributed by atoms with Crippen molar-refractivity contribution < 1.29 is 14.7 Å². The third-order valence-electron chi connectivity index (χ3n) is 3.28. The lowest BCUT2D eigenvalue weighted by Crippen LogP contribution is -2.40. The van der Waals surface area contributed by atoms with E-state index in [4.69, 9.17) is 5.11 Å². The second kappa shape index (κ2) is 7.53. The van der Waals surface area contributed by atoms with Gasteiger partial charge in [-0.15, -0.1) is 0 Å². The van der Waals surface area contributed by atoms with Crippen molar-refractivity contribution in [1.29, 1.82) is 0 Å². The number of hydrogen-bond acceptors (Lipinski definition) is 2. The average Bonchev–Trinajstić information content (AvgIpc) is 2.41. The Labute approximate surface area is 119 Å². The van der Waals surface area contributed by atoms with E-state index in [1.165, 1.54) is 4.90 Å². The molecule has 0 radical (unpaired) electrons. The number of nitrogens with one attached hydrogen (secondary N) is 1. The van der Waals surface area contributed by atoms with Crippen molar-refractivity contribution in [3.05, 3.63) is 29.8 Å². The molecule has 20 heavy (non-hydrogen) atoms. The van der Waals surface area contributed by atoms with Gasteiger partial charge in [0.05, 0.1) is 0 Å².